The number of rotatable bonds is 3. The van der Waals surface area contributed by atoms with Gasteiger partial charge < -0.3 is 19.3 Å². The molecule has 1 aliphatic heterocycles. The van der Waals surface area contributed by atoms with E-state index in [1.54, 1.807) is 13.0 Å². The van der Waals surface area contributed by atoms with Gasteiger partial charge in [0, 0.05) is 15.6 Å². The summed E-state index contributed by atoms with van der Waals surface area (Å²) < 4.78 is 16.0. The Kier molecular flexibility index (Phi) is 3.77. The topological polar surface area (TPSA) is 65.0 Å². The standard InChI is InChI=1S/C12H13BrO5/c1-3-16-12(15)10(14)7-4-8-11(18-5-17-8)6(2)9(7)13/h4,10,14H,3,5H2,1-2H3. The predicted molar refractivity (Wildman–Crippen MR) is 66.6 cm³/mol. The lowest BCUT2D eigenvalue weighted by atomic mass is 10.0. The number of carbonyl (C=O) groups excluding carboxylic acids is 1. The summed E-state index contributed by atoms with van der Waals surface area (Å²) in [7, 11) is 0. The molecule has 0 fully saturated rings. The largest absolute Gasteiger partial charge is 0.464 e. The molecule has 1 aromatic rings. The minimum absolute atomic E-state index is 0.140. The molecule has 0 aliphatic carbocycles. The van der Waals surface area contributed by atoms with Crippen LogP contribution in [0.5, 0.6) is 11.5 Å². The zero-order valence-corrected chi connectivity index (χ0v) is 11.6. The van der Waals surface area contributed by atoms with Gasteiger partial charge in [0.05, 0.1) is 6.61 Å². The number of benzene rings is 1. The van der Waals surface area contributed by atoms with E-state index in [9.17, 15) is 9.90 Å². The first-order valence-corrected chi connectivity index (χ1v) is 6.28. The number of carbonyl (C=O) groups is 1. The highest BCUT2D eigenvalue weighted by Gasteiger charge is 2.27. The van der Waals surface area contributed by atoms with Crippen molar-refractivity contribution in [2.45, 2.75) is 20.0 Å². The number of hydrogen-bond donors (Lipinski definition) is 1. The zero-order chi connectivity index (χ0) is 13.3. The van der Waals surface area contributed by atoms with Crippen LogP contribution in [0.15, 0.2) is 10.5 Å². The molecule has 0 bridgehead atoms. The Bertz CT molecular complexity index is 486. The Morgan fingerprint density at radius 1 is 1.61 bits per heavy atom. The SMILES string of the molecule is CCOC(=O)C(O)c1cc2c(c(C)c1Br)OCO2. The van der Waals surface area contributed by atoms with E-state index >= 15 is 0 Å². The van der Waals surface area contributed by atoms with Crippen LogP contribution in [0.25, 0.3) is 0 Å². The highest BCUT2D eigenvalue weighted by Crippen LogP contribution is 2.43. The predicted octanol–water partition coefficient (Wildman–Crippen LogP) is 2.08. The van der Waals surface area contributed by atoms with Crippen molar-refractivity contribution in [3.8, 4) is 11.5 Å². The fourth-order valence-corrected chi connectivity index (χ4v) is 2.27. The van der Waals surface area contributed by atoms with E-state index in [4.69, 9.17) is 14.2 Å². The molecule has 1 N–H and O–H groups in total. The van der Waals surface area contributed by atoms with E-state index in [1.807, 2.05) is 6.92 Å². The number of hydrogen-bond acceptors (Lipinski definition) is 5. The van der Waals surface area contributed by atoms with Crippen LogP contribution in [0.4, 0.5) is 0 Å². The quantitative estimate of drug-likeness (QED) is 0.865. The molecule has 0 saturated heterocycles. The number of halogens is 1. The molecule has 1 unspecified atom stereocenters. The maximum atomic E-state index is 11.5. The molecule has 5 nitrogen and oxygen atoms in total. The fraction of sp³-hybridized carbons (Fsp3) is 0.417. The van der Waals surface area contributed by atoms with Crippen LogP contribution in [0.1, 0.15) is 24.2 Å². The van der Waals surface area contributed by atoms with Crippen molar-refractivity contribution in [3.05, 3.63) is 21.7 Å². The first kappa shape index (κ1) is 13.2. The van der Waals surface area contributed by atoms with Gasteiger partial charge in [-0.05, 0) is 35.8 Å². The number of ether oxygens (including phenoxy) is 3. The average molecular weight is 317 g/mol. The lowest BCUT2D eigenvalue weighted by molar-refractivity contribution is -0.153. The summed E-state index contributed by atoms with van der Waals surface area (Å²) in [4.78, 5) is 11.5. The van der Waals surface area contributed by atoms with Gasteiger partial charge in [-0.2, -0.15) is 0 Å². The van der Waals surface area contributed by atoms with Crippen molar-refractivity contribution in [1.29, 1.82) is 0 Å². The van der Waals surface area contributed by atoms with E-state index < -0.39 is 12.1 Å². The summed E-state index contributed by atoms with van der Waals surface area (Å²) in [5, 5.41) is 9.96. The van der Waals surface area contributed by atoms with Gasteiger partial charge in [0.25, 0.3) is 0 Å². The van der Waals surface area contributed by atoms with E-state index in [-0.39, 0.29) is 13.4 Å². The van der Waals surface area contributed by atoms with Crippen LogP contribution in [0.2, 0.25) is 0 Å². The zero-order valence-electron chi connectivity index (χ0n) is 10.0. The van der Waals surface area contributed by atoms with Crippen molar-refractivity contribution >= 4 is 21.9 Å². The maximum absolute atomic E-state index is 11.5. The highest BCUT2D eigenvalue weighted by atomic mass is 79.9. The maximum Gasteiger partial charge on any atom is 0.339 e. The van der Waals surface area contributed by atoms with Gasteiger partial charge in [0.15, 0.2) is 17.6 Å². The molecular formula is C12H13BrO5. The molecular weight excluding hydrogens is 304 g/mol. The normalized spacial score (nSPS) is 14.4. The van der Waals surface area contributed by atoms with Crippen molar-refractivity contribution in [2.75, 3.05) is 13.4 Å². The van der Waals surface area contributed by atoms with Crippen molar-refractivity contribution in [1.82, 2.24) is 0 Å². The molecule has 1 aliphatic rings. The minimum Gasteiger partial charge on any atom is -0.464 e. The lowest BCUT2D eigenvalue weighted by Gasteiger charge is -2.14. The van der Waals surface area contributed by atoms with Gasteiger partial charge in [0.1, 0.15) is 0 Å². The molecule has 1 aromatic carbocycles. The van der Waals surface area contributed by atoms with Crippen molar-refractivity contribution in [2.24, 2.45) is 0 Å². The number of fused-ring (bicyclic) bond motifs is 1. The van der Waals surface area contributed by atoms with Crippen LogP contribution >= 0.6 is 15.9 Å². The summed E-state index contributed by atoms with van der Waals surface area (Å²) in [6, 6.07) is 1.58. The Morgan fingerprint density at radius 3 is 3.00 bits per heavy atom. The summed E-state index contributed by atoms with van der Waals surface area (Å²) in [6.07, 6.45) is -1.34. The molecule has 1 atom stereocenters. The third kappa shape index (κ3) is 2.18. The fourth-order valence-electron chi connectivity index (χ4n) is 1.76. The second-order valence-electron chi connectivity index (χ2n) is 3.79. The molecule has 1 heterocycles. The van der Waals surface area contributed by atoms with Gasteiger partial charge in [-0.1, -0.05) is 0 Å². The van der Waals surface area contributed by atoms with E-state index in [0.717, 1.165) is 5.56 Å². The summed E-state index contributed by atoms with van der Waals surface area (Å²) in [6.45, 7) is 3.86. The van der Waals surface area contributed by atoms with Crippen molar-refractivity contribution in [3.63, 3.8) is 0 Å². The number of aliphatic hydroxyl groups is 1. The van der Waals surface area contributed by atoms with Crippen LogP contribution in [-0.2, 0) is 9.53 Å². The van der Waals surface area contributed by atoms with Gasteiger partial charge in [-0.25, -0.2) is 4.79 Å². The van der Waals surface area contributed by atoms with E-state index in [0.29, 0.717) is 21.5 Å². The monoisotopic (exact) mass is 316 g/mol. The van der Waals surface area contributed by atoms with Gasteiger partial charge in [-0.3, -0.25) is 0 Å². The van der Waals surface area contributed by atoms with E-state index in [2.05, 4.69) is 15.9 Å². The van der Waals surface area contributed by atoms with Gasteiger partial charge >= 0.3 is 5.97 Å². The third-order valence-electron chi connectivity index (χ3n) is 2.66. The average Bonchev–Trinajstić information content (AvgIpc) is 2.81. The third-order valence-corrected chi connectivity index (χ3v) is 3.71. The molecule has 0 aromatic heterocycles. The first-order chi connectivity index (χ1) is 8.56. The number of esters is 1. The molecule has 6 heteroatoms. The second kappa shape index (κ2) is 5.16. The molecule has 2 rings (SSSR count). The van der Waals surface area contributed by atoms with Crippen LogP contribution < -0.4 is 9.47 Å². The lowest BCUT2D eigenvalue weighted by Crippen LogP contribution is -2.16. The van der Waals surface area contributed by atoms with Crippen LogP contribution in [0, 0.1) is 6.92 Å². The summed E-state index contributed by atoms with van der Waals surface area (Å²) in [5.74, 6) is 0.465. The molecule has 0 saturated carbocycles. The van der Waals surface area contributed by atoms with Crippen LogP contribution in [0.3, 0.4) is 0 Å². The van der Waals surface area contributed by atoms with Gasteiger partial charge in [-0.15, -0.1) is 0 Å². The Hall–Kier alpha value is -1.27. The smallest absolute Gasteiger partial charge is 0.339 e. The Morgan fingerprint density at radius 2 is 2.33 bits per heavy atom. The molecule has 0 spiro atoms. The summed E-state index contributed by atoms with van der Waals surface area (Å²) >= 11 is 3.35. The molecule has 0 radical (unpaired) electrons. The van der Waals surface area contributed by atoms with Crippen molar-refractivity contribution < 1.29 is 24.1 Å². The molecule has 98 valence electrons. The molecule has 0 amide bonds. The first-order valence-electron chi connectivity index (χ1n) is 5.49. The van der Waals surface area contributed by atoms with Gasteiger partial charge in [0.2, 0.25) is 6.79 Å². The molecule has 18 heavy (non-hydrogen) atoms. The second-order valence-corrected chi connectivity index (χ2v) is 4.59. The van der Waals surface area contributed by atoms with E-state index in [1.165, 1.54) is 0 Å². The summed E-state index contributed by atoms with van der Waals surface area (Å²) in [5.41, 5.74) is 1.19. The number of aliphatic hydroxyl groups excluding tert-OH is 1. The Balaban J connectivity index is 2.40. The minimum atomic E-state index is -1.34. The van der Waals surface area contributed by atoms with Crippen LogP contribution in [-0.4, -0.2) is 24.5 Å². The highest BCUT2D eigenvalue weighted by molar-refractivity contribution is 9.10. The Labute approximate surface area is 113 Å².